The Bertz CT molecular complexity index is 434. The second kappa shape index (κ2) is 6.84. The van der Waals surface area contributed by atoms with E-state index in [1.54, 1.807) is 0 Å². The number of piperidine rings is 1. The average molecular weight is 277 g/mol. The SMILES string of the molecule is CCCOc1cc(N2CCCC(N(C)C)C2)ccc1N. The summed E-state index contributed by atoms with van der Waals surface area (Å²) in [4.78, 5) is 4.75. The molecule has 4 heteroatoms. The van der Waals surface area contributed by atoms with Crippen LogP contribution in [0.3, 0.4) is 0 Å². The van der Waals surface area contributed by atoms with Crippen molar-refractivity contribution in [1.29, 1.82) is 0 Å². The summed E-state index contributed by atoms with van der Waals surface area (Å²) in [6.07, 6.45) is 3.51. The van der Waals surface area contributed by atoms with Crippen LogP contribution in [-0.4, -0.2) is 44.7 Å². The van der Waals surface area contributed by atoms with Gasteiger partial charge in [0.1, 0.15) is 5.75 Å². The number of nitrogen functional groups attached to an aromatic ring is 1. The Morgan fingerprint density at radius 1 is 1.40 bits per heavy atom. The van der Waals surface area contributed by atoms with Crippen molar-refractivity contribution in [3.63, 3.8) is 0 Å². The Morgan fingerprint density at radius 2 is 2.20 bits per heavy atom. The minimum absolute atomic E-state index is 0.626. The van der Waals surface area contributed by atoms with E-state index in [1.165, 1.54) is 18.5 Å². The lowest BCUT2D eigenvalue weighted by molar-refractivity contribution is 0.258. The highest BCUT2D eigenvalue weighted by Gasteiger charge is 2.22. The highest BCUT2D eigenvalue weighted by atomic mass is 16.5. The van der Waals surface area contributed by atoms with E-state index in [0.29, 0.717) is 12.6 Å². The summed E-state index contributed by atoms with van der Waals surface area (Å²) in [6.45, 7) is 5.01. The van der Waals surface area contributed by atoms with E-state index >= 15 is 0 Å². The van der Waals surface area contributed by atoms with E-state index in [-0.39, 0.29) is 0 Å². The van der Waals surface area contributed by atoms with E-state index in [0.717, 1.165) is 30.9 Å². The van der Waals surface area contributed by atoms with Crippen LogP contribution in [0.1, 0.15) is 26.2 Å². The third kappa shape index (κ3) is 3.57. The van der Waals surface area contributed by atoms with Gasteiger partial charge >= 0.3 is 0 Å². The van der Waals surface area contributed by atoms with Gasteiger partial charge in [0.05, 0.1) is 12.3 Å². The van der Waals surface area contributed by atoms with Crippen LogP contribution in [0.15, 0.2) is 18.2 Å². The molecule has 0 spiro atoms. The fraction of sp³-hybridized carbons (Fsp3) is 0.625. The second-order valence-electron chi connectivity index (χ2n) is 5.78. The predicted molar refractivity (Wildman–Crippen MR) is 85.6 cm³/mol. The maximum atomic E-state index is 5.98. The summed E-state index contributed by atoms with van der Waals surface area (Å²) in [5.74, 6) is 0.816. The molecule has 4 nitrogen and oxygen atoms in total. The smallest absolute Gasteiger partial charge is 0.144 e. The maximum Gasteiger partial charge on any atom is 0.144 e. The van der Waals surface area contributed by atoms with Crippen molar-refractivity contribution in [2.24, 2.45) is 0 Å². The van der Waals surface area contributed by atoms with Crippen LogP contribution in [0, 0.1) is 0 Å². The van der Waals surface area contributed by atoms with Crippen LogP contribution in [0.4, 0.5) is 11.4 Å². The minimum Gasteiger partial charge on any atom is -0.491 e. The number of anilines is 2. The molecule has 0 bridgehead atoms. The zero-order valence-electron chi connectivity index (χ0n) is 12.9. The molecule has 0 aromatic heterocycles. The van der Waals surface area contributed by atoms with Gasteiger partial charge in [-0.05, 0) is 45.5 Å². The Balaban J connectivity index is 2.11. The number of likely N-dealkylation sites (N-methyl/N-ethyl adjacent to an activating group) is 1. The molecule has 1 aromatic rings. The molecule has 1 aromatic carbocycles. The first-order valence-corrected chi connectivity index (χ1v) is 7.55. The van der Waals surface area contributed by atoms with Gasteiger partial charge in [0.15, 0.2) is 0 Å². The number of rotatable bonds is 5. The van der Waals surface area contributed by atoms with Crippen molar-refractivity contribution < 1.29 is 4.74 Å². The lowest BCUT2D eigenvalue weighted by atomic mass is 10.0. The molecule has 112 valence electrons. The number of hydrogen-bond donors (Lipinski definition) is 1. The highest BCUT2D eigenvalue weighted by molar-refractivity contribution is 5.62. The Hall–Kier alpha value is -1.42. The Morgan fingerprint density at radius 3 is 2.90 bits per heavy atom. The first kappa shape index (κ1) is 15.0. The molecule has 2 rings (SSSR count). The monoisotopic (exact) mass is 277 g/mol. The van der Waals surface area contributed by atoms with Crippen LogP contribution in [0.25, 0.3) is 0 Å². The standard InChI is InChI=1S/C16H27N3O/c1-4-10-20-16-11-13(7-8-15(16)17)19-9-5-6-14(12-19)18(2)3/h7-8,11,14H,4-6,9-10,12,17H2,1-3H3. The molecule has 0 aliphatic carbocycles. The van der Waals surface area contributed by atoms with Crippen LogP contribution in [-0.2, 0) is 0 Å². The van der Waals surface area contributed by atoms with Gasteiger partial charge in [-0.2, -0.15) is 0 Å². The topological polar surface area (TPSA) is 41.7 Å². The third-order valence-electron chi connectivity index (χ3n) is 3.95. The first-order chi connectivity index (χ1) is 9.61. The fourth-order valence-electron chi connectivity index (χ4n) is 2.67. The van der Waals surface area contributed by atoms with Crippen LogP contribution >= 0.6 is 0 Å². The van der Waals surface area contributed by atoms with E-state index < -0.39 is 0 Å². The number of nitrogens with two attached hydrogens (primary N) is 1. The van der Waals surface area contributed by atoms with Crippen molar-refractivity contribution in [2.75, 3.05) is 44.4 Å². The van der Waals surface area contributed by atoms with Crippen LogP contribution in [0.2, 0.25) is 0 Å². The Labute approximate surface area is 122 Å². The van der Waals surface area contributed by atoms with Gasteiger partial charge in [-0.25, -0.2) is 0 Å². The molecule has 1 aliphatic rings. The zero-order valence-corrected chi connectivity index (χ0v) is 12.9. The molecule has 1 aliphatic heterocycles. The summed E-state index contributed by atoms with van der Waals surface area (Å²) < 4.78 is 5.73. The van der Waals surface area contributed by atoms with Crippen LogP contribution < -0.4 is 15.4 Å². The molecule has 20 heavy (non-hydrogen) atoms. The molecule has 1 atom stereocenters. The van der Waals surface area contributed by atoms with Crippen LogP contribution in [0.5, 0.6) is 5.75 Å². The zero-order chi connectivity index (χ0) is 14.5. The quantitative estimate of drug-likeness (QED) is 0.840. The summed E-state index contributed by atoms with van der Waals surface area (Å²) in [6, 6.07) is 6.77. The second-order valence-corrected chi connectivity index (χ2v) is 5.78. The van der Waals surface area contributed by atoms with E-state index in [9.17, 15) is 0 Å². The van der Waals surface area contributed by atoms with Crippen molar-refractivity contribution in [2.45, 2.75) is 32.2 Å². The maximum absolute atomic E-state index is 5.98. The molecule has 0 radical (unpaired) electrons. The average Bonchev–Trinajstić information content (AvgIpc) is 2.46. The van der Waals surface area contributed by atoms with Crippen molar-refractivity contribution in [1.82, 2.24) is 4.90 Å². The molecule has 0 saturated carbocycles. The summed E-state index contributed by atoms with van der Waals surface area (Å²) in [7, 11) is 4.32. The molecular formula is C16H27N3O. The van der Waals surface area contributed by atoms with E-state index in [1.807, 2.05) is 6.07 Å². The van der Waals surface area contributed by atoms with Gasteiger partial charge in [-0.15, -0.1) is 0 Å². The van der Waals surface area contributed by atoms with Gasteiger partial charge in [0.2, 0.25) is 0 Å². The van der Waals surface area contributed by atoms with Gasteiger partial charge in [-0.1, -0.05) is 6.92 Å². The van der Waals surface area contributed by atoms with Gasteiger partial charge in [0, 0.05) is 30.9 Å². The van der Waals surface area contributed by atoms with Gasteiger partial charge in [-0.3, -0.25) is 0 Å². The number of ether oxygens (including phenoxy) is 1. The molecule has 1 fully saturated rings. The summed E-state index contributed by atoms with van der Waals surface area (Å²) in [5.41, 5.74) is 7.93. The van der Waals surface area contributed by atoms with E-state index in [2.05, 4.69) is 43.0 Å². The van der Waals surface area contributed by atoms with Crippen molar-refractivity contribution in [3.8, 4) is 5.75 Å². The highest BCUT2D eigenvalue weighted by Crippen LogP contribution is 2.30. The normalized spacial score (nSPS) is 19.4. The number of hydrogen-bond acceptors (Lipinski definition) is 4. The fourth-order valence-corrected chi connectivity index (χ4v) is 2.67. The van der Waals surface area contributed by atoms with E-state index in [4.69, 9.17) is 10.5 Å². The largest absolute Gasteiger partial charge is 0.491 e. The lowest BCUT2D eigenvalue weighted by Crippen LogP contribution is -2.45. The molecule has 1 heterocycles. The molecular weight excluding hydrogens is 250 g/mol. The number of benzene rings is 1. The van der Waals surface area contributed by atoms with Gasteiger partial charge in [0.25, 0.3) is 0 Å². The third-order valence-corrected chi connectivity index (χ3v) is 3.95. The minimum atomic E-state index is 0.626. The molecule has 0 amide bonds. The molecule has 1 saturated heterocycles. The van der Waals surface area contributed by atoms with Crippen molar-refractivity contribution in [3.05, 3.63) is 18.2 Å². The lowest BCUT2D eigenvalue weighted by Gasteiger charge is -2.37. The first-order valence-electron chi connectivity index (χ1n) is 7.55. The molecule has 1 unspecified atom stereocenters. The summed E-state index contributed by atoms with van der Waals surface area (Å²) >= 11 is 0. The van der Waals surface area contributed by atoms with Gasteiger partial charge < -0.3 is 20.3 Å². The Kier molecular flexibility index (Phi) is 5.12. The summed E-state index contributed by atoms with van der Waals surface area (Å²) in [5, 5.41) is 0. The number of nitrogens with zero attached hydrogens (tertiary/aromatic N) is 2. The molecule has 2 N–H and O–H groups in total. The van der Waals surface area contributed by atoms with Crippen molar-refractivity contribution >= 4 is 11.4 Å². The predicted octanol–water partition coefficient (Wildman–Crippen LogP) is 2.59.